The largest absolute Gasteiger partial charge is 0.493 e. The molecule has 0 atom stereocenters. The molecule has 0 aliphatic carbocycles. The van der Waals surface area contributed by atoms with Crippen molar-refractivity contribution in [2.45, 2.75) is 25.9 Å². The number of hydrogen-bond acceptors (Lipinski definition) is 6. The number of amides is 1. The van der Waals surface area contributed by atoms with Crippen LogP contribution in [-0.2, 0) is 24.2 Å². The van der Waals surface area contributed by atoms with Gasteiger partial charge in [-0.2, -0.15) is 0 Å². The molecule has 0 saturated carbocycles. The lowest BCUT2D eigenvalue weighted by molar-refractivity contribution is -0.120. The first kappa shape index (κ1) is 22.4. The van der Waals surface area contributed by atoms with E-state index in [0.717, 1.165) is 18.4 Å². The average Bonchev–Trinajstić information content (AvgIpc) is 2.76. The van der Waals surface area contributed by atoms with Gasteiger partial charge in [-0.15, -0.1) is 0 Å². The van der Waals surface area contributed by atoms with Gasteiger partial charge in [0.15, 0.2) is 23.0 Å². The van der Waals surface area contributed by atoms with Gasteiger partial charge in [0.1, 0.15) is 0 Å². The topological polar surface area (TPSA) is 86.3 Å². The van der Waals surface area contributed by atoms with Crippen molar-refractivity contribution in [3.63, 3.8) is 0 Å². The fourth-order valence-electron chi connectivity index (χ4n) is 3.07. The average molecular weight is 403 g/mol. The fourth-order valence-corrected chi connectivity index (χ4v) is 3.07. The molecule has 0 aliphatic rings. The van der Waals surface area contributed by atoms with Crippen LogP contribution in [0.25, 0.3) is 0 Å². The molecule has 2 aromatic rings. The molecule has 0 spiro atoms. The van der Waals surface area contributed by atoms with Crippen LogP contribution in [0.3, 0.4) is 0 Å². The van der Waals surface area contributed by atoms with Gasteiger partial charge in [0.2, 0.25) is 5.91 Å². The van der Waals surface area contributed by atoms with Crippen LogP contribution in [0.2, 0.25) is 0 Å². The van der Waals surface area contributed by atoms with Gasteiger partial charge in [-0.05, 0) is 53.8 Å². The summed E-state index contributed by atoms with van der Waals surface area (Å²) in [5, 5.41) is 12.5. The van der Waals surface area contributed by atoms with E-state index in [4.69, 9.17) is 18.9 Å². The fraction of sp³-hybridized carbons (Fsp3) is 0.409. The SMILES string of the molecule is COc1ccc(CCCNC(=O)Cc2cc(OC)c(OC)cc2CO)cc1OC. The van der Waals surface area contributed by atoms with Crippen molar-refractivity contribution in [2.24, 2.45) is 0 Å². The van der Waals surface area contributed by atoms with Crippen molar-refractivity contribution in [1.29, 1.82) is 0 Å². The third-order valence-electron chi connectivity index (χ3n) is 4.64. The number of nitrogens with one attached hydrogen (secondary N) is 1. The van der Waals surface area contributed by atoms with Crippen LogP contribution >= 0.6 is 0 Å². The summed E-state index contributed by atoms with van der Waals surface area (Å²) in [6.45, 7) is 0.372. The molecule has 2 rings (SSSR count). The van der Waals surface area contributed by atoms with Crippen molar-refractivity contribution in [3.8, 4) is 23.0 Å². The van der Waals surface area contributed by atoms with Crippen LogP contribution in [0.5, 0.6) is 23.0 Å². The number of aryl methyl sites for hydroxylation is 1. The third-order valence-corrected chi connectivity index (χ3v) is 4.64. The number of benzene rings is 2. The Morgan fingerprint density at radius 2 is 1.45 bits per heavy atom. The van der Waals surface area contributed by atoms with Gasteiger partial charge in [0.25, 0.3) is 0 Å². The second kappa shape index (κ2) is 11.2. The first-order valence-electron chi connectivity index (χ1n) is 9.38. The third kappa shape index (κ3) is 6.02. The minimum absolute atomic E-state index is 0.112. The van der Waals surface area contributed by atoms with E-state index in [9.17, 15) is 9.90 Å². The van der Waals surface area contributed by atoms with Crippen LogP contribution in [0.15, 0.2) is 30.3 Å². The molecule has 2 aromatic carbocycles. The van der Waals surface area contributed by atoms with Gasteiger partial charge >= 0.3 is 0 Å². The Kier molecular flexibility index (Phi) is 8.61. The predicted molar refractivity (Wildman–Crippen MR) is 110 cm³/mol. The van der Waals surface area contributed by atoms with Gasteiger partial charge in [0.05, 0.1) is 41.5 Å². The molecule has 0 unspecified atom stereocenters. The van der Waals surface area contributed by atoms with Gasteiger partial charge < -0.3 is 29.4 Å². The van der Waals surface area contributed by atoms with Gasteiger partial charge in [0, 0.05) is 6.54 Å². The van der Waals surface area contributed by atoms with Gasteiger partial charge in [-0.1, -0.05) is 6.07 Å². The Bertz CT molecular complexity index is 821. The monoisotopic (exact) mass is 403 g/mol. The number of aliphatic hydroxyl groups excluding tert-OH is 1. The molecular weight excluding hydrogens is 374 g/mol. The lowest BCUT2D eigenvalue weighted by atomic mass is 10.0. The highest BCUT2D eigenvalue weighted by Crippen LogP contribution is 2.31. The summed E-state index contributed by atoms with van der Waals surface area (Å²) in [5.74, 6) is 2.33. The first-order valence-corrected chi connectivity index (χ1v) is 9.38. The molecular formula is C22H29NO6. The molecule has 1 amide bonds. The molecule has 158 valence electrons. The second-order valence-corrected chi connectivity index (χ2v) is 6.45. The second-order valence-electron chi connectivity index (χ2n) is 6.45. The summed E-state index contributed by atoms with van der Waals surface area (Å²) in [7, 11) is 6.28. The zero-order chi connectivity index (χ0) is 21.2. The van der Waals surface area contributed by atoms with E-state index in [1.807, 2.05) is 18.2 Å². The highest BCUT2D eigenvalue weighted by atomic mass is 16.5. The zero-order valence-electron chi connectivity index (χ0n) is 17.4. The molecule has 7 heteroatoms. The summed E-state index contributed by atoms with van der Waals surface area (Å²) < 4.78 is 21.1. The van der Waals surface area contributed by atoms with E-state index < -0.39 is 0 Å². The van der Waals surface area contributed by atoms with E-state index >= 15 is 0 Å². The van der Waals surface area contributed by atoms with Crippen LogP contribution in [-0.4, -0.2) is 46.0 Å². The summed E-state index contributed by atoms with van der Waals surface area (Å²) in [6, 6.07) is 9.23. The summed E-state index contributed by atoms with van der Waals surface area (Å²) in [6.07, 6.45) is 1.76. The Labute approximate surface area is 171 Å². The molecule has 0 aromatic heterocycles. The van der Waals surface area contributed by atoms with Crippen LogP contribution < -0.4 is 24.3 Å². The van der Waals surface area contributed by atoms with E-state index in [0.29, 0.717) is 40.7 Å². The Morgan fingerprint density at radius 3 is 2.03 bits per heavy atom. The summed E-state index contributed by atoms with van der Waals surface area (Å²) in [4.78, 5) is 12.3. The van der Waals surface area contributed by atoms with Crippen molar-refractivity contribution < 1.29 is 28.8 Å². The molecule has 7 nitrogen and oxygen atoms in total. The number of carbonyl (C=O) groups excluding carboxylic acids is 1. The summed E-state index contributed by atoms with van der Waals surface area (Å²) in [5.41, 5.74) is 2.46. The number of rotatable bonds is 11. The highest BCUT2D eigenvalue weighted by molar-refractivity contribution is 5.79. The maximum Gasteiger partial charge on any atom is 0.224 e. The van der Waals surface area contributed by atoms with Crippen LogP contribution in [0.4, 0.5) is 0 Å². The molecule has 0 saturated heterocycles. The lowest BCUT2D eigenvalue weighted by Crippen LogP contribution is -2.26. The van der Waals surface area contributed by atoms with E-state index in [-0.39, 0.29) is 18.9 Å². The van der Waals surface area contributed by atoms with Crippen molar-refractivity contribution in [1.82, 2.24) is 5.32 Å². The molecule has 0 radical (unpaired) electrons. The van der Waals surface area contributed by atoms with Crippen LogP contribution in [0, 0.1) is 0 Å². The minimum Gasteiger partial charge on any atom is -0.493 e. The number of hydrogen-bond donors (Lipinski definition) is 2. The van der Waals surface area contributed by atoms with E-state index in [2.05, 4.69) is 5.32 Å². The Hall–Kier alpha value is -2.93. The smallest absolute Gasteiger partial charge is 0.224 e. The summed E-state index contributed by atoms with van der Waals surface area (Å²) >= 11 is 0. The van der Waals surface area contributed by atoms with Crippen molar-refractivity contribution in [3.05, 3.63) is 47.0 Å². The maximum absolute atomic E-state index is 12.3. The first-order chi connectivity index (χ1) is 14.1. The van der Waals surface area contributed by atoms with Gasteiger partial charge in [-0.3, -0.25) is 4.79 Å². The van der Waals surface area contributed by atoms with E-state index in [1.165, 1.54) is 14.2 Å². The van der Waals surface area contributed by atoms with Crippen molar-refractivity contribution >= 4 is 5.91 Å². The standard InChI is InChI=1S/C22H29NO6/c1-26-18-8-7-15(10-19(18)27-2)6-5-9-23-22(25)13-16-11-20(28-3)21(29-4)12-17(16)14-24/h7-8,10-12,24H,5-6,9,13-14H2,1-4H3,(H,23,25). The number of aliphatic hydroxyl groups is 1. The predicted octanol–water partition coefficient (Wildman–Crippen LogP) is 2.50. The minimum atomic E-state index is -0.178. The Morgan fingerprint density at radius 1 is 0.862 bits per heavy atom. The van der Waals surface area contributed by atoms with Crippen LogP contribution in [0.1, 0.15) is 23.1 Å². The maximum atomic E-state index is 12.3. The molecule has 0 aliphatic heterocycles. The number of ether oxygens (including phenoxy) is 4. The molecule has 0 bridgehead atoms. The van der Waals surface area contributed by atoms with Crippen molar-refractivity contribution in [2.75, 3.05) is 35.0 Å². The van der Waals surface area contributed by atoms with E-state index in [1.54, 1.807) is 26.4 Å². The highest BCUT2D eigenvalue weighted by Gasteiger charge is 2.13. The number of carbonyl (C=O) groups is 1. The Balaban J connectivity index is 1.89. The molecule has 0 fully saturated rings. The molecule has 29 heavy (non-hydrogen) atoms. The molecule has 2 N–H and O–H groups in total. The number of methoxy groups -OCH3 is 4. The zero-order valence-corrected chi connectivity index (χ0v) is 17.4. The lowest BCUT2D eigenvalue weighted by Gasteiger charge is -2.14. The normalized spacial score (nSPS) is 10.4. The quantitative estimate of drug-likeness (QED) is 0.561. The van der Waals surface area contributed by atoms with Gasteiger partial charge in [-0.25, -0.2) is 0 Å². The molecule has 0 heterocycles.